The van der Waals surface area contributed by atoms with Gasteiger partial charge in [0.25, 0.3) is 0 Å². The predicted octanol–water partition coefficient (Wildman–Crippen LogP) is 8.88. The minimum atomic E-state index is -0.477. The summed E-state index contributed by atoms with van der Waals surface area (Å²) in [4.78, 5) is 12.6. The molecule has 0 unspecified atom stereocenters. The number of ether oxygens (including phenoxy) is 1. The largest absolute Gasteiger partial charge is 0.507 e. The third kappa shape index (κ3) is 6.48. The normalized spacial score (nSPS) is 13.0. The highest BCUT2D eigenvalue weighted by Gasteiger charge is 2.32. The zero-order chi connectivity index (χ0) is 28.9. The molecule has 37 heavy (non-hydrogen) atoms. The summed E-state index contributed by atoms with van der Waals surface area (Å²) in [6.07, 6.45) is 1.67. The van der Waals surface area contributed by atoms with Gasteiger partial charge in [0.15, 0.2) is 0 Å². The van der Waals surface area contributed by atoms with E-state index in [-0.39, 0.29) is 21.7 Å². The van der Waals surface area contributed by atoms with Gasteiger partial charge in [-0.15, -0.1) is 0 Å². The average molecular weight is 507 g/mol. The van der Waals surface area contributed by atoms with E-state index in [2.05, 4.69) is 116 Å². The Kier molecular flexibility index (Phi) is 8.26. The number of carbonyl (C=O) groups excluding carboxylic acids is 1. The highest BCUT2D eigenvalue weighted by atomic mass is 16.5. The van der Waals surface area contributed by atoms with Crippen molar-refractivity contribution >= 4 is 5.97 Å². The molecule has 0 aromatic heterocycles. The summed E-state index contributed by atoms with van der Waals surface area (Å²) in [7, 11) is 0. The van der Waals surface area contributed by atoms with Crippen molar-refractivity contribution in [2.75, 3.05) is 0 Å². The van der Waals surface area contributed by atoms with Crippen LogP contribution in [0.4, 0.5) is 0 Å². The van der Waals surface area contributed by atoms with Gasteiger partial charge >= 0.3 is 5.97 Å². The molecule has 2 aromatic carbocycles. The lowest BCUT2D eigenvalue weighted by atomic mass is 9.73. The van der Waals surface area contributed by atoms with Gasteiger partial charge < -0.3 is 9.84 Å². The Morgan fingerprint density at radius 2 is 1.11 bits per heavy atom. The van der Waals surface area contributed by atoms with E-state index in [1.807, 2.05) is 0 Å². The molecule has 0 radical (unpaired) electrons. The monoisotopic (exact) mass is 506 g/mol. The lowest BCUT2D eigenvalue weighted by Gasteiger charge is -2.33. The van der Waals surface area contributed by atoms with E-state index in [1.165, 1.54) is 17.2 Å². The van der Waals surface area contributed by atoms with Crippen LogP contribution in [-0.2, 0) is 32.9 Å². The number of esters is 1. The quantitative estimate of drug-likeness (QED) is 0.256. The van der Waals surface area contributed by atoms with Gasteiger partial charge in [-0.1, -0.05) is 102 Å². The molecule has 0 saturated carbocycles. The van der Waals surface area contributed by atoms with Crippen LogP contribution >= 0.6 is 0 Å². The fourth-order valence-electron chi connectivity index (χ4n) is 5.19. The van der Waals surface area contributed by atoms with E-state index < -0.39 is 5.97 Å². The maximum absolute atomic E-state index is 12.6. The van der Waals surface area contributed by atoms with Gasteiger partial charge in [0, 0.05) is 29.2 Å². The Morgan fingerprint density at radius 3 is 1.49 bits per heavy atom. The Bertz CT molecular complexity index is 1160. The molecular weight excluding hydrogens is 456 g/mol. The Hall–Kier alpha value is -2.55. The first-order valence-corrected chi connectivity index (χ1v) is 13.4. The number of hydrogen-bond donors (Lipinski definition) is 1. The summed E-state index contributed by atoms with van der Waals surface area (Å²) in [5.74, 6) is 0.437. The minimum absolute atomic E-state index is 0.0937. The number of hydrogen-bond acceptors (Lipinski definition) is 3. The summed E-state index contributed by atoms with van der Waals surface area (Å²) in [6.45, 7) is 33.9. The number of benzene rings is 2. The first-order valence-electron chi connectivity index (χ1n) is 13.4. The van der Waals surface area contributed by atoms with Gasteiger partial charge in [-0.05, 0) is 63.3 Å². The fourth-order valence-corrected chi connectivity index (χ4v) is 5.19. The van der Waals surface area contributed by atoms with Crippen LogP contribution in [0.25, 0.3) is 0 Å². The molecule has 0 amide bonds. The molecule has 0 saturated heterocycles. The molecule has 0 aliphatic rings. The van der Waals surface area contributed by atoms with Crippen LogP contribution in [0.3, 0.4) is 0 Å². The topological polar surface area (TPSA) is 46.5 Å². The van der Waals surface area contributed by atoms with Gasteiger partial charge in [0.1, 0.15) is 11.5 Å². The van der Waals surface area contributed by atoms with Crippen LogP contribution in [0.2, 0.25) is 0 Å². The third-order valence-corrected chi connectivity index (χ3v) is 7.31. The molecule has 0 aliphatic carbocycles. The lowest BCUT2D eigenvalue weighted by molar-refractivity contribution is -0.129. The molecule has 204 valence electrons. The summed E-state index contributed by atoms with van der Waals surface area (Å²) in [5, 5.41) is 11.7. The molecule has 0 aliphatic heterocycles. The van der Waals surface area contributed by atoms with Crippen LogP contribution in [0.15, 0.2) is 24.8 Å². The molecule has 3 nitrogen and oxygen atoms in total. The number of carbonyl (C=O) groups is 1. The van der Waals surface area contributed by atoms with E-state index in [0.717, 1.165) is 33.4 Å². The van der Waals surface area contributed by atoms with E-state index in [0.29, 0.717) is 17.9 Å². The summed E-state index contributed by atoms with van der Waals surface area (Å²) >= 11 is 0. The molecule has 2 aromatic rings. The fraction of sp³-hybridized carbons (Fsp3) is 0.559. The standard InChI is InChI=1S/C34H50O3/c1-16-28(35)37-30-23(21(3)25(32(7,8)9)19-27(30)34(13,14)15)17-22-20(2)24(31(4,5)6)18-26(29(22)36)33(10,11)12/h16,18-19,36H,1,17H2,2-15H3. The second-order valence-electron chi connectivity index (χ2n) is 14.6. The molecule has 0 spiro atoms. The van der Waals surface area contributed by atoms with Crippen molar-refractivity contribution in [1.82, 2.24) is 0 Å². The van der Waals surface area contributed by atoms with Crippen molar-refractivity contribution in [1.29, 1.82) is 0 Å². The van der Waals surface area contributed by atoms with Crippen LogP contribution in [0.1, 0.15) is 128 Å². The first-order chi connectivity index (χ1) is 16.5. The second-order valence-corrected chi connectivity index (χ2v) is 14.6. The molecule has 0 bridgehead atoms. The molecule has 0 atom stereocenters. The molecule has 1 N–H and O–H groups in total. The van der Waals surface area contributed by atoms with E-state index in [4.69, 9.17) is 4.74 Å². The van der Waals surface area contributed by atoms with Crippen molar-refractivity contribution < 1.29 is 14.6 Å². The van der Waals surface area contributed by atoms with E-state index in [9.17, 15) is 9.90 Å². The highest BCUT2D eigenvalue weighted by Crippen LogP contribution is 2.46. The molecule has 0 fully saturated rings. The van der Waals surface area contributed by atoms with Gasteiger partial charge in [0.2, 0.25) is 0 Å². The average Bonchev–Trinajstić information content (AvgIpc) is 2.68. The molecular formula is C34H50O3. The van der Waals surface area contributed by atoms with Gasteiger partial charge in [-0.2, -0.15) is 0 Å². The smallest absolute Gasteiger partial charge is 0.335 e. The summed E-state index contributed by atoms with van der Waals surface area (Å²) in [5.41, 5.74) is 7.65. The van der Waals surface area contributed by atoms with Gasteiger partial charge in [-0.25, -0.2) is 4.79 Å². The number of rotatable bonds is 4. The Morgan fingerprint density at radius 1 is 0.730 bits per heavy atom. The van der Waals surface area contributed by atoms with Crippen molar-refractivity contribution in [3.05, 3.63) is 69.3 Å². The summed E-state index contributed by atoms with van der Waals surface area (Å²) < 4.78 is 6.01. The first kappa shape index (κ1) is 30.7. The zero-order valence-corrected chi connectivity index (χ0v) is 25.9. The van der Waals surface area contributed by atoms with E-state index >= 15 is 0 Å². The maximum atomic E-state index is 12.6. The zero-order valence-electron chi connectivity index (χ0n) is 25.9. The van der Waals surface area contributed by atoms with Crippen molar-refractivity contribution in [2.24, 2.45) is 0 Å². The number of phenols is 1. The second kappa shape index (κ2) is 9.97. The van der Waals surface area contributed by atoms with Crippen molar-refractivity contribution in [2.45, 2.75) is 125 Å². The molecule has 0 heterocycles. The Labute approximate surface area is 226 Å². The SMILES string of the molecule is C=CC(=O)Oc1c(C(C)(C)C)cc(C(C)(C)C)c(C)c1Cc1c(C)c(C(C)(C)C)cc(C(C)(C)C)c1O. The molecule has 2 rings (SSSR count). The van der Waals surface area contributed by atoms with E-state index in [1.54, 1.807) is 0 Å². The highest BCUT2D eigenvalue weighted by molar-refractivity contribution is 5.84. The van der Waals surface area contributed by atoms with Crippen molar-refractivity contribution in [3.8, 4) is 11.5 Å². The number of phenolic OH excluding ortho intramolecular Hbond substituents is 1. The van der Waals surface area contributed by atoms with Crippen LogP contribution < -0.4 is 4.74 Å². The van der Waals surface area contributed by atoms with Gasteiger partial charge in [0.05, 0.1) is 0 Å². The number of aromatic hydroxyl groups is 1. The van der Waals surface area contributed by atoms with Gasteiger partial charge in [-0.3, -0.25) is 0 Å². The van der Waals surface area contributed by atoms with Crippen LogP contribution in [0, 0.1) is 13.8 Å². The minimum Gasteiger partial charge on any atom is -0.507 e. The summed E-state index contributed by atoms with van der Waals surface area (Å²) in [6, 6.07) is 4.37. The third-order valence-electron chi connectivity index (χ3n) is 7.31. The van der Waals surface area contributed by atoms with Crippen LogP contribution in [-0.4, -0.2) is 11.1 Å². The maximum Gasteiger partial charge on any atom is 0.335 e. The molecule has 3 heteroatoms. The Balaban J connectivity index is 3.09. The predicted molar refractivity (Wildman–Crippen MR) is 157 cm³/mol. The van der Waals surface area contributed by atoms with Crippen LogP contribution in [0.5, 0.6) is 11.5 Å². The van der Waals surface area contributed by atoms with Crippen molar-refractivity contribution in [3.63, 3.8) is 0 Å². The lowest BCUT2D eigenvalue weighted by Crippen LogP contribution is -2.23.